The van der Waals surface area contributed by atoms with Crippen LogP contribution in [0.5, 0.6) is 0 Å². The molecule has 2 rings (SSSR count). The van der Waals surface area contributed by atoms with E-state index in [0.29, 0.717) is 17.7 Å². The van der Waals surface area contributed by atoms with Crippen molar-refractivity contribution < 1.29 is 14.7 Å². The topological polar surface area (TPSA) is 78.4 Å². The van der Waals surface area contributed by atoms with E-state index in [9.17, 15) is 14.7 Å². The number of rotatable bonds is 4. The minimum atomic E-state index is -0.381. The molecular weight excluding hydrogens is 304 g/mol. The first kappa shape index (κ1) is 18.5. The van der Waals surface area contributed by atoms with Gasteiger partial charge in [-0.15, -0.1) is 0 Å². The molecule has 2 amide bonds. The Bertz CT molecular complexity index is 593. The highest BCUT2D eigenvalue weighted by Gasteiger charge is 2.25. The Morgan fingerprint density at radius 3 is 2.58 bits per heavy atom. The highest BCUT2D eigenvalue weighted by Crippen LogP contribution is 2.27. The zero-order valence-electron chi connectivity index (χ0n) is 14.8. The van der Waals surface area contributed by atoms with Crippen molar-refractivity contribution in [1.82, 2.24) is 5.32 Å². The van der Waals surface area contributed by atoms with Crippen molar-refractivity contribution in [2.45, 2.75) is 64.5 Å². The molecule has 0 saturated heterocycles. The van der Waals surface area contributed by atoms with Crippen molar-refractivity contribution in [3.8, 4) is 0 Å². The van der Waals surface area contributed by atoms with Crippen LogP contribution in [0.15, 0.2) is 24.3 Å². The average Bonchev–Trinajstić information content (AvgIpc) is 2.48. The first-order valence-corrected chi connectivity index (χ1v) is 8.65. The summed E-state index contributed by atoms with van der Waals surface area (Å²) in [6, 6.07) is 6.92. The van der Waals surface area contributed by atoms with Crippen LogP contribution in [-0.2, 0) is 4.79 Å². The zero-order valence-corrected chi connectivity index (χ0v) is 14.8. The smallest absolute Gasteiger partial charge is 0.251 e. The molecule has 0 spiro atoms. The minimum absolute atomic E-state index is 0.0334. The number of anilines is 1. The first-order chi connectivity index (χ1) is 11.2. The van der Waals surface area contributed by atoms with Gasteiger partial charge in [0.2, 0.25) is 5.91 Å². The Morgan fingerprint density at radius 2 is 1.92 bits per heavy atom. The van der Waals surface area contributed by atoms with Crippen LogP contribution in [0.1, 0.15) is 63.2 Å². The third-order valence-corrected chi connectivity index (χ3v) is 4.21. The second-order valence-electron chi connectivity index (χ2n) is 7.65. The summed E-state index contributed by atoms with van der Waals surface area (Å²) in [4.78, 5) is 24.4. The molecule has 1 fully saturated rings. The summed E-state index contributed by atoms with van der Waals surface area (Å²) in [5.74, 6) is -0.248. The van der Waals surface area contributed by atoms with E-state index in [4.69, 9.17) is 0 Å². The van der Waals surface area contributed by atoms with Crippen molar-refractivity contribution in [2.75, 3.05) is 5.32 Å². The molecule has 5 nitrogen and oxygen atoms in total. The number of hydrogen-bond acceptors (Lipinski definition) is 3. The number of aliphatic hydroxyl groups excluding tert-OH is 1. The van der Waals surface area contributed by atoms with E-state index in [0.717, 1.165) is 25.7 Å². The Morgan fingerprint density at radius 1 is 1.21 bits per heavy atom. The van der Waals surface area contributed by atoms with Gasteiger partial charge in [0.25, 0.3) is 5.91 Å². The molecule has 132 valence electrons. The van der Waals surface area contributed by atoms with Crippen LogP contribution >= 0.6 is 0 Å². The Labute approximate surface area is 143 Å². The van der Waals surface area contributed by atoms with Crippen LogP contribution in [0.25, 0.3) is 0 Å². The third-order valence-electron chi connectivity index (χ3n) is 4.21. The van der Waals surface area contributed by atoms with Gasteiger partial charge in [-0.25, -0.2) is 0 Å². The van der Waals surface area contributed by atoms with Gasteiger partial charge in [0, 0.05) is 23.2 Å². The molecule has 0 aliphatic heterocycles. The van der Waals surface area contributed by atoms with Gasteiger partial charge in [-0.3, -0.25) is 9.59 Å². The molecule has 2 atom stereocenters. The minimum Gasteiger partial charge on any atom is -0.393 e. The lowest BCUT2D eigenvalue weighted by molar-refractivity contribution is -0.118. The third kappa shape index (κ3) is 5.64. The van der Waals surface area contributed by atoms with Crippen LogP contribution in [-0.4, -0.2) is 28.6 Å². The largest absolute Gasteiger partial charge is 0.393 e. The number of amides is 2. The fourth-order valence-corrected chi connectivity index (χ4v) is 3.03. The molecule has 0 heterocycles. The number of hydrogen-bond donors (Lipinski definition) is 3. The van der Waals surface area contributed by atoms with Crippen molar-refractivity contribution >= 4 is 17.5 Å². The summed E-state index contributed by atoms with van der Waals surface area (Å²) in [5, 5.41) is 15.7. The molecule has 2 unspecified atom stereocenters. The first-order valence-electron chi connectivity index (χ1n) is 8.65. The van der Waals surface area contributed by atoms with Crippen LogP contribution in [0.3, 0.4) is 0 Å². The fraction of sp³-hybridized carbons (Fsp3) is 0.579. The summed E-state index contributed by atoms with van der Waals surface area (Å²) >= 11 is 0. The lowest BCUT2D eigenvalue weighted by Gasteiger charge is -2.27. The van der Waals surface area contributed by atoms with E-state index in [1.54, 1.807) is 24.3 Å². The molecule has 3 N–H and O–H groups in total. The molecule has 0 bridgehead atoms. The maximum atomic E-state index is 12.2. The molecule has 0 aromatic heterocycles. The van der Waals surface area contributed by atoms with Crippen LogP contribution < -0.4 is 10.6 Å². The van der Waals surface area contributed by atoms with Crippen LogP contribution in [0.2, 0.25) is 0 Å². The molecule has 0 radical (unpaired) electrons. The zero-order chi connectivity index (χ0) is 17.7. The van der Waals surface area contributed by atoms with E-state index in [1.165, 1.54) is 0 Å². The van der Waals surface area contributed by atoms with Gasteiger partial charge in [0.1, 0.15) is 0 Å². The van der Waals surface area contributed by atoms with Crippen LogP contribution in [0, 0.1) is 5.92 Å². The van der Waals surface area contributed by atoms with Gasteiger partial charge in [0.05, 0.1) is 6.10 Å². The van der Waals surface area contributed by atoms with Gasteiger partial charge in [-0.1, -0.05) is 18.9 Å². The summed E-state index contributed by atoms with van der Waals surface area (Å²) in [5.41, 5.74) is 0.806. The molecule has 1 aromatic rings. The average molecular weight is 332 g/mol. The quantitative estimate of drug-likeness (QED) is 0.793. The molecule has 1 aliphatic carbocycles. The summed E-state index contributed by atoms with van der Waals surface area (Å²) < 4.78 is 0. The number of carbonyl (C=O) groups is 2. The maximum absolute atomic E-state index is 12.2. The van der Waals surface area contributed by atoms with Crippen molar-refractivity contribution in [2.24, 2.45) is 5.92 Å². The van der Waals surface area contributed by atoms with Gasteiger partial charge >= 0.3 is 0 Å². The Kier molecular flexibility index (Phi) is 5.99. The lowest BCUT2D eigenvalue weighted by Crippen LogP contribution is -2.40. The number of nitrogens with one attached hydrogen (secondary N) is 2. The second-order valence-corrected chi connectivity index (χ2v) is 7.65. The van der Waals surface area contributed by atoms with E-state index in [1.807, 2.05) is 20.8 Å². The monoisotopic (exact) mass is 332 g/mol. The predicted molar refractivity (Wildman–Crippen MR) is 94.9 cm³/mol. The summed E-state index contributed by atoms with van der Waals surface area (Å²) in [6.45, 7) is 5.77. The summed E-state index contributed by atoms with van der Waals surface area (Å²) in [6.07, 6.45) is 3.71. The van der Waals surface area contributed by atoms with Gasteiger partial charge in [-0.05, 0) is 57.7 Å². The van der Waals surface area contributed by atoms with Crippen molar-refractivity contribution in [1.29, 1.82) is 0 Å². The van der Waals surface area contributed by atoms with E-state index in [-0.39, 0.29) is 29.4 Å². The second kappa shape index (κ2) is 7.79. The van der Waals surface area contributed by atoms with Gasteiger partial charge < -0.3 is 15.7 Å². The SMILES string of the molecule is CC(C)(C)NC(=O)c1cccc(NC(=O)CC2CCCCC2O)c1. The van der Waals surface area contributed by atoms with Crippen LogP contribution in [0.4, 0.5) is 5.69 Å². The maximum Gasteiger partial charge on any atom is 0.251 e. The normalized spacial score (nSPS) is 21.2. The number of aliphatic hydroxyl groups is 1. The molecule has 1 aromatic carbocycles. The van der Waals surface area contributed by atoms with Crippen molar-refractivity contribution in [3.05, 3.63) is 29.8 Å². The highest BCUT2D eigenvalue weighted by molar-refractivity contribution is 5.97. The predicted octanol–water partition coefficient (Wildman–Crippen LogP) is 3.09. The van der Waals surface area contributed by atoms with Gasteiger partial charge in [-0.2, -0.15) is 0 Å². The van der Waals surface area contributed by atoms with E-state index >= 15 is 0 Å². The lowest BCUT2D eigenvalue weighted by atomic mass is 9.84. The standard InChI is InChI=1S/C19H28N2O3/c1-19(2,3)21-18(24)14-8-6-9-15(11-14)20-17(23)12-13-7-4-5-10-16(13)22/h6,8-9,11,13,16,22H,4-5,7,10,12H2,1-3H3,(H,20,23)(H,21,24). The number of carbonyl (C=O) groups excluding carboxylic acids is 2. The molecular formula is C19H28N2O3. The van der Waals surface area contributed by atoms with Crippen molar-refractivity contribution in [3.63, 3.8) is 0 Å². The molecule has 1 saturated carbocycles. The van der Waals surface area contributed by atoms with E-state index in [2.05, 4.69) is 10.6 Å². The Balaban J connectivity index is 1.96. The molecule has 5 heteroatoms. The molecule has 24 heavy (non-hydrogen) atoms. The van der Waals surface area contributed by atoms with E-state index < -0.39 is 0 Å². The Hall–Kier alpha value is -1.88. The fourth-order valence-electron chi connectivity index (χ4n) is 3.03. The molecule has 1 aliphatic rings. The highest BCUT2D eigenvalue weighted by atomic mass is 16.3. The summed E-state index contributed by atoms with van der Waals surface area (Å²) in [7, 11) is 0. The van der Waals surface area contributed by atoms with Gasteiger partial charge in [0.15, 0.2) is 0 Å². The number of benzene rings is 1.